The first kappa shape index (κ1) is 48.4. The van der Waals surface area contributed by atoms with E-state index in [-0.39, 0.29) is 23.0 Å². The summed E-state index contributed by atoms with van der Waals surface area (Å²) in [5, 5.41) is 59.9. The van der Waals surface area contributed by atoms with E-state index in [0.717, 1.165) is 0 Å². The summed E-state index contributed by atoms with van der Waals surface area (Å²) in [5.74, 6) is -0.306. The minimum Gasteiger partial charge on any atom is -0.907 e. The van der Waals surface area contributed by atoms with Crippen molar-refractivity contribution in [2.45, 2.75) is 62.3 Å². The van der Waals surface area contributed by atoms with Gasteiger partial charge in [-0.3, -0.25) is 7.32 Å². The van der Waals surface area contributed by atoms with E-state index in [0.29, 0.717) is 0 Å². The highest BCUT2D eigenvalue weighted by Crippen LogP contribution is 2.22. The first-order valence-corrected chi connectivity index (χ1v) is 15.8. The lowest BCUT2D eigenvalue weighted by atomic mass is 10.3. The van der Waals surface area contributed by atoms with Gasteiger partial charge in [-0.1, -0.05) is 24.3 Å². The molecule has 0 radical (unpaired) electrons. The first-order chi connectivity index (χ1) is 20.4. The number of nitrogens with zero attached hydrogens (tertiary/aromatic N) is 3. The van der Waals surface area contributed by atoms with Gasteiger partial charge >= 0.3 is 0 Å². The zero-order valence-corrected chi connectivity index (χ0v) is 29.9. The highest BCUT2D eigenvalue weighted by molar-refractivity contribution is 6.24. The average Bonchev–Trinajstić information content (AvgIpc) is 3.03. The molecule has 2 aromatic rings. The van der Waals surface area contributed by atoms with Crippen LogP contribution in [0.3, 0.4) is 0 Å². The smallest absolute Gasteiger partial charge is 0.157 e. The Labute approximate surface area is 270 Å². The third-order valence-electron chi connectivity index (χ3n) is 8.63. The van der Waals surface area contributed by atoms with Gasteiger partial charge < -0.3 is 48.9 Å². The van der Waals surface area contributed by atoms with E-state index in [2.05, 4.69) is 83.5 Å². The number of benzene rings is 2. The van der Waals surface area contributed by atoms with E-state index in [9.17, 15) is 0 Å². The van der Waals surface area contributed by atoms with Crippen molar-refractivity contribution >= 4 is 7.32 Å². The quantitative estimate of drug-likeness (QED) is 0.190. The largest absolute Gasteiger partial charge is 0.907 e. The summed E-state index contributed by atoms with van der Waals surface area (Å²) in [6.07, 6.45) is 0. The summed E-state index contributed by atoms with van der Waals surface area (Å²) in [5.41, 5.74) is 0. The van der Waals surface area contributed by atoms with Crippen LogP contribution in [0.4, 0.5) is 0 Å². The van der Waals surface area contributed by atoms with Gasteiger partial charge in [0, 0.05) is 0 Å². The van der Waals surface area contributed by atoms with Gasteiger partial charge in [0.05, 0.1) is 80.0 Å². The Hall–Kier alpha value is -2.54. The molecule has 0 saturated carbocycles. The Balaban J connectivity index is -0.000000221. The molecule has 2 rings (SSSR count). The summed E-state index contributed by atoms with van der Waals surface area (Å²) < 4.78 is 3.63. The summed E-state index contributed by atoms with van der Waals surface area (Å²) in [6.45, 7) is 31.5. The molecule has 2 aromatic carbocycles. The number of hydrogen-bond donors (Lipinski definition) is 4. The molecule has 0 aliphatic carbocycles. The van der Waals surface area contributed by atoms with Crippen LogP contribution in [-0.2, 0) is 0 Å². The number of phenolic OH excluding ortho intramolecular Hbond substituents is 4. The van der Waals surface area contributed by atoms with E-state index in [1.165, 1.54) is 96.6 Å². The summed E-state index contributed by atoms with van der Waals surface area (Å²) in [4.78, 5) is 0. The fourth-order valence-corrected chi connectivity index (χ4v) is 2.94. The zero-order chi connectivity index (χ0) is 35.4. The molecule has 0 saturated heterocycles. The van der Waals surface area contributed by atoms with E-state index in [4.69, 9.17) is 35.5 Å². The number of rotatable bonds is 9. The zero-order valence-electron chi connectivity index (χ0n) is 29.9. The minimum atomic E-state index is -2.92. The molecule has 0 heterocycles. The van der Waals surface area contributed by atoms with E-state index in [1.807, 2.05) is 0 Å². The SMILES string of the molecule is CC[N+](C)(CC)CC.CC[N+](C)(CC)CC.CC[N+](C)(CC)CC.Oc1ccccc1O.Oc1ccccc1O.[O-]B([O-])[O-]. The normalized spacial score (nSPS) is 10.4. The van der Waals surface area contributed by atoms with Gasteiger partial charge in [0.15, 0.2) is 23.0 Å². The van der Waals surface area contributed by atoms with Gasteiger partial charge in [0.2, 0.25) is 0 Å². The fourth-order valence-electron chi connectivity index (χ4n) is 2.94. The van der Waals surface area contributed by atoms with Crippen LogP contribution in [0.25, 0.3) is 0 Å². The van der Waals surface area contributed by atoms with Gasteiger partial charge in [0.1, 0.15) is 0 Å². The standard InChI is InChI=1S/3C7H18N.2C6H6O2.BO3/c3*1-5-8(4,6-2)7-3;2*7-5-3-1-2-4-6(5)8;2-1(3)4/h3*5-7H2,1-4H3;2*1-4,7-8H;/q3*+1;;;-3. The lowest BCUT2D eigenvalue weighted by Gasteiger charge is -2.35. The van der Waals surface area contributed by atoms with Crippen molar-refractivity contribution in [2.24, 2.45) is 0 Å². The van der Waals surface area contributed by atoms with Crippen LogP contribution in [0.15, 0.2) is 48.5 Å². The highest BCUT2D eigenvalue weighted by Gasteiger charge is 2.12. The maximum absolute atomic E-state index is 8.67. The Kier molecular flexibility index (Phi) is 30.8. The number of aromatic hydroxyl groups is 4. The molecule has 0 aliphatic heterocycles. The first-order valence-electron chi connectivity index (χ1n) is 15.8. The summed E-state index contributed by atoms with van der Waals surface area (Å²) in [6, 6.07) is 12.3. The maximum atomic E-state index is 8.67. The molecular weight excluding hydrogens is 561 g/mol. The van der Waals surface area contributed by atoms with Crippen molar-refractivity contribution in [1.29, 1.82) is 0 Å². The van der Waals surface area contributed by atoms with Crippen LogP contribution in [0, 0.1) is 0 Å². The molecule has 0 amide bonds. The van der Waals surface area contributed by atoms with E-state index >= 15 is 0 Å². The van der Waals surface area contributed by atoms with Crippen molar-refractivity contribution in [2.75, 3.05) is 80.0 Å². The second-order valence-electron chi connectivity index (χ2n) is 11.0. The lowest BCUT2D eigenvalue weighted by molar-refractivity contribution is -0.904. The number of quaternary nitrogens is 3. The van der Waals surface area contributed by atoms with Gasteiger partial charge in [-0.05, 0) is 86.6 Å². The molecule has 4 N–H and O–H groups in total. The molecule has 0 unspecified atom stereocenters. The minimum absolute atomic E-state index is 0.0764. The fraction of sp³-hybridized carbons (Fsp3) is 0.636. The van der Waals surface area contributed by atoms with Crippen LogP contribution in [0.5, 0.6) is 23.0 Å². The Morgan fingerprint density at radius 2 is 0.523 bits per heavy atom. The highest BCUT2D eigenvalue weighted by atomic mass is 16.5. The van der Waals surface area contributed by atoms with E-state index in [1.54, 1.807) is 24.3 Å². The number of hydrogen-bond acceptors (Lipinski definition) is 7. The monoisotopic (exact) mass is 627 g/mol. The molecule has 0 aliphatic rings. The molecule has 0 atom stereocenters. The van der Waals surface area contributed by atoms with Gasteiger partial charge in [-0.15, -0.1) is 0 Å². The molecule has 44 heavy (non-hydrogen) atoms. The maximum Gasteiger partial charge on any atom is 0.157 e. The molecule has 258 valence electrons. The molecule has 0 aromatic heterocycles. The van der Waals surface area contributed by atoms with Crippen molar-refractivity contribution in [3.63, 3.8) is 0 Å². The van der Waals surface area contributed by atoms with Gasteiger partial charge in [-0.25, -0.2) is 0 Å². The molecule has 0 fully saturated rings. The second-order valence-corrected chi connectivity index (χ2v) is 11.0. The third-order valence-corrected chi connectivity index (χ3v) is 8.63. The Morgan fingerprint density at radius 3 is 0.568 bits per heavy atom. The second kappa shape index (κ2) is 28.0. The van der Waals surface area contributed by atoms with Crippen molar-refractivity contribution in [1.82, 2.24) is 0 Å². The third kappa shape index (κ3) is 27.0. The summed E-state index contributed by atoms with van der Waals surface area (Å²) >= 11 is 0. The lowest BCUT2D eigenvalue weighted by Crippen LogP contribution is -2.56. The Morgan fingerprint density at radius 1 is 0.409 bits per heavy atom. The van der Waals surface area contributed by atoms with Crippen LogP contribution < -0.4 is 15.1 Å². The van der Waals surface area contributed by atoms with E-state index < -0.39 is 7.32 Å². The molecule has 0 spiro atoms. The molecule has 0 bridgehead atoms. The topological polar surface area (TPSA) is 150 Å². The van der Waals surface area contributed by atoms with Gasteiger partial charge in [0.25, 0.3) is 0 Å². The molecule has 11 heteroatoms. The predicted octanol–water partition coefficient (Wildman–Crippen LogP) is 2.73. The Bertz CT molecular complexity index is 753. The number of phenols is 4. The van der Waals surface area contributed by atoms with Crippen LogP contribution in [0.1, 0.15) is 62.3 Å². The van der Waals surface area contributed by atoms with Crippen molar-refractivity contribution in [3.8, 4) is 23.0 Å². The number of para-hydroxylation sites is 4. The summed E-state index contributed by atoms with van der Waals surface area (Å²) in [7, 11) is 3.96. The molecular formula is C33H66BN3O7. The van der Waals surface area contributed by atoms with Gasteiger partial charge in [-0.2, -0.15) is 0 Å². The van der Waals surface area contributed by atoms with Crippen molar-refractivity contribution in [3.05, 3.63) is 48.5 Å². The van der Waals surface area contributed by atoms with Crippen LogP contribution >= 0.6 is 0 Å². The predicted molar refractivity (Wildman–Crippen MR) is 179 cm³/mol. The average molecular weight is 628 g/mol. The van der Waals surface area contributed by atoms with Crippen LogP contribution in [-0.4, -0.2) is 121 Å². The molecule has 10 nitrogen and oxygen atoms in total. The van der Waals surface area contributed by atoms with Crippen LogP contribution in [0.2, 0.25) is 0 Å². The van der Waals surface area contributed by atoms with Crippen molar-refractivity contribution < 1.29 is 48.9 Å².